The maximum Gasteiger partial charge on any atom is 0.0602 e. The molecule has 2 heterocycles. The lowest BCUT2D eigenvalue weighted by Crippen LogP contribution is -2.57. The van der Waals surface area contributed by atoms with Crippen LogP contribution in [0.5, 0.6) is 0 Å². The fraction of sp³-hybridized carbons (Fsp3) is 0.846. The Balaban J connectivity index is 2.05. The smallest absolute Gasteiger partial charge is 0.0602 e. The van der Waals surface area contributed by atoms with Crippen molar-refractivity contribution in [1.29, 1.82) is 0 Å². The molecule has 0 aliphatic carbocycles. The summed E-state index contributed by atoms with van der Waals surface area (Å²) in [6, 6.07) is 1.45. The Hall–Kier alpha value is -0.520. The molecule has 0 aromatic rings. The number of hydrogen-bond donors (Lipinski definition) is 0. The van der Waals surface area contributed by atoms with Crippen molar-refractivity contribution in [2.45, 2.75) is 38.8 Å². The van der Waals surface area contributed by atoms with Crippen molar-refractivity contribution in [1.82, 2.24) is 9.80 Å². The van der Waals surface area contributed by atoms with Crippen LogP contribution in [0.25, 0.3) is 0 Å². The molecule has 2 atom stereocenters. The van der Waals surface area contributed by atoms with E-state index >= 15 is 0 Å². The van der Waals surface area contributed by atoms with Gasteiger partial charge in [0.1, 0.15) is 0 Å². The van der Waals surface area contributed by atoms with Crippen molar-refractivity contribution in [3.05, 3.63) is 0 Å². The first-order chi connectivity index (χ1) is 7.22. The summed E-state index contributed by atoms with van der Waals surface area (Å²) in [5.74, 6) is 3.52. The van der Waals surface area contributed by atoms with E-state index in [0.717, 1.165) is 12.6 Å². The lowest BCUT2D eigenvalue weighted by molar-refractivity contribution is 0.0390. The average molecular weight is 206 g/mol. The second-order valence-electron chi connectivity index (χ2n) is 5.24. The zero-order valence-corrected chi connectivity index (χ0v) is 9.95. The van der Waals surface area contributed by atoms with E-state index in [-0.39, 0.29) is 0 Å². The summed E-state index contributed by atoms with van der Waals surface area (Å²) in [5.41, 5.74) is 0. The minimum atomic E-state index is 0.662. The molecule has 2 heteroatoms. The number of fused-ring (bicyclic) bond motifs is 1. The summed E-state index contributed by atoms with van der Waals surface area (Å²) in [6.45, 7) is 9.16. The van der Waals surface area contributed by atoms with Crippen LogP contribution >= 0.6 is 0 Å². The van der Waals surface area contributed by atoms with Crippen LogP contribution in [0.1, 0.15) is 26.7 Å². The molecular weight excluding hydrogens is 184 g/mol. The normalized spacial score (nSPS) is 32.9. The van der Waals surface area contributed by atoms with E-state index in [1.807, 2.05) is 0 Å². The van der Waals surface area contributed by atoms with Crippen LogP contribution in [0.15, 0.2) is 0 Å². The second kappa shape index (κ2) is 4.55. The molecule has 0 amide bonds. The molecule has 0 spiro atoms. The van der Waals surface area contributed by atoms with E-state index in [1.54, 1.807) is 0 Å². The Morgan fingerprint density at radius 3 is 2.87 bits per heavy atom. The van der Waals surface area contributed by atoms with Gasteiger partial charge in [-0.3, -0.25) is 9.80 Å². The van der Waals surface area contributed by atoms with E-state index in [4.69, 9.17) is 6.42 Å². The predicted molar refractivity (Wildman–Crippen MR) is 63.6 cm³/mol. The van der Waals surface area contributed by atoms with Crippen molar-refractivity contribution in [3.8, 4) is 12.3 Å². The predicted octanol–water partition coefficient (Wildman–Crippen LogP) is 1.42. The van der Waals surface area contributed by atoms with E-state index < -0.39 is 0 Å². The molecule has 2 nitrogen and oxygen atoms in total. The zero-order valence-electron chi connectivity index (χ0n) is 9.95. The van der Waals surface area contributed by atoms with Crippen molar-refractivity contribution in [2.24, 2.45) is 5.92 Å². The highest BCUT2D eigenvalue weighted by Gasteiger charge is 2.36. The van der Waals surface area contributed by atoms with Gasteiger partial charge in [0, 0.05) is 25.2 Å². The van der Waals surface area contributed by atoms with Gasteiger partial charge in [0.15, 0.2) is 0 Å². The maximum absolute atomic E-state index is 5.45. The summed E-state index contributed by atoms with van der Waals surface area (Å²) in [4.78, 5) is 5.18. The zero-order chi connectivity index (χ0) is 10.8. The minimum Gasteiger partial charge on any atom is -0.298 e. The van der Waals surface area contributed by atoms with Gasteiger partial charge in [0.2, 0.25) is 0 Å². The Morgan fingerprint density at radius 1 is 1.40 bits per heavy atom. The lowest BCUT2D eigenvalue weighted by atomic mass is 9.97. The molecule has 0 saturated carbocycles. The third-order valence-electron chi connectivity index (χ3n) is 3.90. The third kappa shape index (κ3) is 2.19. The lowest BCUT2D eigenvalue weighted by Gasteiger charge is -2.44. The number of piperazine rings is 1. The fourth-order valence-electron chi connectivity index (χ4n) is 3.04. The SMILES string of the molecule is C#CCN1CC2CCCN2CC1C(C)C. The molecule has 2 aliphatic heterocycles. The van der Waals surface area contributed by atoms with Gasteiger partial charge in [-0.05, 0) is 25.3 Å². The van der Waals surface area contributed by atoms with Crippen LogP contribution in [0.3, 0.4) is 0 Å². The largest absolute Gasteiger partial charge is 0.298 e. The molecule has 15 heavy (non-hydrogen) atoms. The molecule has 0 radical (unpaired) electrons. The fourth-order valence-corrected chi connectivity index (χ4v) is 3.04. The van der Waals surface area contributed by atoms with E-state index in [0.29, 0.717) is 12.0 Å². The first kappa shape index (κ1) is 11.0. The van der Waals surface area contributed by atoms with E-state index in [1.165, 1.54) is 32.5 Å². The number of rotatable bonds is 2. The summed E-state index contributed by atoms with van der Waals surface area (Å²) >= 11 is 0. The molecule has 84 valence electrons. The van der Waals surface area contributed by atoms with Gasteiger partial charge < -0.3 is 0 Å². The highest BCUT2D eigenvalue weighted by molar-refractivity contribution is 4.98. The molecule has 0 bridgehead atoms. The summed E-state index contributed by atoms with van der Waals surface area (Å²) < 4.78 is 0. The van der Waals surface area contributed by atoms with Crippen LogP contribution in [0.2, 0.25) is 0 Å². The minimum absolute atomic E-state index is 0.662. The van der Waals surface area contributed by atoms with Gasteiger partial charge in [0.25, 0.3) is 0 Å². The second-order valence-corrected chi connectivity index (χ2v) is 5.24. The third-order valence-corrected chi connectivity index (χ3v) is 3.90. The first-order valence-electron chi connectivity index (χ1n) is 6.14. The van der Waals surface area contributed by atoms with Crippen molar-refractivity contribution >= 4 is 0 Å². The number of terminal acetylenes is 1. The van der Waals surface area contributed by atoms with Crippen LogP contribution in [0, 0.1) is 18.3 Å². The highest BCUT2D eigenvalue weighted by atomic mass is 15.3. The Labute approximate surface area is 93.6 Å². The quantitative estimate of drug-likeness (QED) is 0.631. The van der Waals surface area contributed by atoms with Crippen molar-refractivity contribution in [2.75, 3.05) is 26.2 Å². The van der Waals surface area contributed by atoms with Gasteiger partial charge in [-0.1, -0.05) is 19.8 Å². The van der Waals surface area contributed by atoms with Crippen molar-refractivity contribution < 1.29 is 0 Å². The van der Waals surface area contributed by atoms with Gasteiger partial charge in [-0.25, -0.2) is 0 Å². The standard InChI is InChI=1S/C13H22N2/c1-4-7-15-9-12-6-5-8-14(12)10-13(15)11(2)3/h1,11-13H,5-10H2,2-3H3. The van der Waals surface area contributed by atoms with Crippen LogP contribution < -0.4 is 0 Å². The molecule has 2 fully saturated rings. The molecular formula is C13H22N2. The van der Waals surface area contributed by atoms with Crippen LogP contribution in [-0.4, -0.2) is 48.1 Å². The summed E-state index contributed by atoms with van der Waals surface area (Å²) in [7, 11) is 0. The van der Waals surface area contributed by atoms with Crippen LogP contribution in [0.4, 0.5) is 0 Å². The summed E-state index contributed by atoms with van der Waals surface area (Å²) in [6.07, 6.45) is 8.19. The topological polar surface area (TPSA) is 6.48 Å². The van der Waals surface area contributed by atoms with Crippen molar-refractivity contribution in [3.63, 3.8) is 0 Å². The van der Waals surface area contributed by atoms with E-state index in [2.05, 4.69) is 29.6 Å². The molecule has 2 unspecified atom stereocenters. The van der Waals surface area contributed by atoms with Crippen LogP contribution in [-0.2, 0) is 0 Å². The first-order valence-corrected chi connectivity index (χ1v) is 6.14. The molecule has 0 N–H and O–H groups in total. The molecule has 2 rings (SSSR count). The number of hydrogen-bond acceptors (Lipinski definition) is 2. The van der Waals surface area contributed by atoms with Gasteiger partial charge >= 0.3 is 0 Å². The molecule has 0 aromatic heterocycles. The molecule has 0 aromatic carbocycles. The van der Waals surface area contributed by atoms with Gasteiger partial charge in [-0.15, -0.1) is 6.42 Å². The van der Waals surface area contributed by atoms with Gasteiger partial charge in [-0.2, -0.15) is 0 Å². The summed E-state index contributed by atoms with van der Waals surface area (Å²) in [5, 5.41) is 0. The van der Waals surface area contributed by atoms with Gasteiger partial charge in [0.05, 0.1) is 6.54 Å². The Bertz CT molecular complexity index is 254. The van der Waals surface area contributed by atoms with E-state index in [9.17, 15) is 0 Å². The molecule has 2 aliphatic rings. The highest BCUT2D eigenvalue weighted by Crippen LogP contribution is 2.27. The Morgan fingerprint density at radius 2 is 2.20 bits per heavy atom. The number of nitrogens with zero attached hydrogens (tertiary/aromatic N) is 2. The monoisotopic (exact) mass is 206 g/mol. The average Bonchev–Trinajstić information content (AvgIpc) is 2.63. The molecule has 2 saturated heterocycles. The Kier molecular flexibility index (Phi) is 3.33. The maximum atomic E-state index is 5.45.